The molecule has 0 radical (unpaired) electrons. The number of nitrogen functional groups attached to an aromatic ring is 1. The highest BCUT2D eigenvalue weighted by molar-refractivity contribution is 9.10. The predicted molar refractivity (Wildman–Crippen MR) is 82.2 cm³/mol. The van der Waals surface area contributed by atoms with Gasteiger partial charge in [0.15, 0.2) is 0 Å². The summed E-state index contributed by atoms with van der Waals surface area (Å²) < 4.78 is 1.02. The molecule has 0 atom stereocenters. The van der Waals surface area contributed by atoms with E-state index in [-0.39, 0.29) is 0 Å². The van der Waals surface area contributed by atoms with Gasteiger partial charge in [0.25, 0.3) is 0 Å². The first-order valence-corrected chi connectivity index (χ1v) is 6.85. The average molecular weight is 326 g/mol. The van der Waals surface area contributed by atoms with Crippen LogP contribution in [0, 0.1) is 0 Å². The van der Waals surface area contributed by atoms with Crippen LogP contribution < -0.4 is 11.1 Å². The Labute approximate surface area is 120 Å². The molecule has 0 unspecified atom stereocenters. The SMILES string of the molecule is Nc1ccc(Br)cc1NCCc1ccc(Cl)cc1. The van der Waals surface area contributed by atoms with Crippen molar-refractivity contribution < 1.29 is 0 Å². The summed E-state index contributed by atoms with van der Waals surface area (Å²) in [6, 6.07) is 13.7. The number of hydrogen-bond acceptors (Lipinski definition) is 2. The van der Waals surface area contributed by atoms with Crippen LogP contribution >= 0.6 is 27.5 Å². The third kappa shape index (κ3) is 3.65. The quantitative estimate of drug-likeness (QED) is 0.821. The summed E-state index contributed by atoms with van der Waals surface area (Å²) in [6.07, 6.45) is 0.934. The van der Waals surface area contributed by atoms with Gasteiger partial charge in [0.1, 0.15) is 0 Å². The van der Waals surface area contributed by atoms with Crippen LogP contribution in [0.3, 0.4) is 0 Å². The molecule has 4 heteroatoms. The topological polar surface area (TPSA) is 38.0 Å². The second kappa shape index (κ2) is 6.12. The van der Waals surface area contributed by atoms with Crippen LogP contribution in [0.5, 0.6) is 0 Å². The molecule has 18 heavy (non-hydrogen) atoms. The van der Waals surface area contributed by atoms with E-state index in [4.69, 9.17) is 17.3 Å². The fourth-order valence-corrected chi connectivity index (χ4v) is 2.16. The monoisotopic (exact) mass is 324 g/mol. The fourth-order valence-electron chi connectivity index (χ4n) is 1.67. The largest absolute Gasteiger partial charge is 0.397 e. The zero-order valence-electron chi connectivity index (χ0n) is 9.79. The Bertz CT molecular complexity index is 526. The molecule has 0 aliphatic heterocycles. The number of rotatable bonds is 4. The van der Waals surface area contributed by atoms with E-state index in [0.717, 1.165) is 33.8 Å². The third-order valence-corrected chi connectivity index (χ3v) is 3.40. The Hall–Kier alpha value is -1.19. The Kier molecular flexibility index (Phi) is 4.50. The van der Waals surface area contributed by atoms with Crippen LogP contribution in [0.25, 0.3) is 0 Å². The van der Waals surface area contributed by atoms with E-state index in [0.29, 0.717) is 0 Å². The summed E-state index contributed by atoms with van der Waals surface area (Å²) >= 11 is 9.27. The summed E-state index contributed by atoms with van der Waals surface area (Å²) in [4.78, 5) is 0. The number of nitrogens with one attached hydrogen (secondary N) is 1. The summed E-state index contributed by atoms with van der Waals surface area (Å²) in [5.41, 5.74) is 8.85. The first kappa shape index (κ1) is 13.2. The third-order valence-electron chi connectivity index (χ3n) is 2.66. The minimum absolute atomic E-state index is 0.759. The molecule has 0 spiro atoms. The molecule has 94 valence electrons. The van der Waals surface area contributed by atoms with Crippen LogP contribution in [-0.4, -0.2) is 6.54 Å². The zero-order chi connectivity index (χ0) is 13.0. The standard InChI is InChI=1S/C14H14BrClN2/c15-11-3-6-13(17)14(9-11)18-8-7-10-1-4-12(16)5-2-10/h1-6,9,18H,7-8,17H2. The van der Waals surface area contributed by atoms with Crippen LogP contribution in [0.4, 0.5) is 11.4 Å². The number of hydrogen-bond donors (Lipinski definition) is 2. The van der Waals surface area contributed by atoms with Gasteiger partial charge < -0.3 is 11.1 Å². The molecule has 2 rings (SSSR count). The first-order valence-electron chi connectivity index (χ1n) is 5.68. The minimum atomic E-state index is 0.759. The van der Waals surface area contributed by atoms with Crippen molar-refractivity contribution in [2.45, 2.75) is 6.42 Å². The maximum Gasteiger partial charge on any atom is 0.0585 e. The highest BCUT2D eigenvalue weighted by Crippen LogP contribution is 2.23. The molecule has 2 aromatic carbocycles. The fraction of sp³-hybridized carbons (Fsp3) is 0.143. The van der Waals surface area contributed by atoms with Crippen molar-refractivity contribution in [2.75, 3.05) is 17.6 Å². The van der Waals surface area contributed by atoms with Gasteiger partial charge in [-0.3, -0.25) is 0 Å². The van der Waals surface area contributed by atoms with E-state index in [1.54, 1.807) is 0 Å². The Morgan fingerprint density at radius 3 is 2.56 bits per heavy atom. The molecule has 2 nitrogen and oxygen atoms in total. The van der Waals surface area contributed by atoms with Crippen LogP contribution in [-0.2, 0) is 6.42 Å². The van der Waals surface area contributed by atoms with E-state index in [1.165, 1.54) is 5.56 Å². The Balaban J connectivity index is 1.92. The normalized spacial score (nSPS) is 10.3. The van der Waals surface area contributed by atoms with Gasteiger partial charge in [-0.15, -0.1) is 0 Å². The zero-order valence-corrected chi connectivity index (χ0v) is 12.1. The molecular weight excluding hydrogens is 312 g/mol. The molecule has 0 aliphatic rings. The molecule has 0 bridgehead atoms. The van der Waals surface area contributed by atoms with E-state index in [9.17, 15) is 0 Å². The van der Waals surface area contributed by atoms with Crippen molar-refractivity contribution in [3.63, 3.8) is 0 Å². The van der Waals surface area contributed by atoms with Gasteiger partial charge in [-0.1, -0.05) is 39.7 Å². The Morgan fingerprint density at radius 2 is 1.83 bits per heavy atom. The highest BCUT2D eigenvalue weighted by Gasteiger charge is 1.99. The van der Waals surface area contributed by atoms with Gasteiger partial charge in [0, 0.05) is 16.0 Å². The summed E-state index contributed by atoms with van der Waals surface area (Å²) in [7, 11) is 0. The average Bonchev–Trinajstić information content (AvgIpc) is 2.36. The van der Waals surface area contributed by atoms with Gasteiger partial charge >= 0.3 is 0 Å². The summed E-state index contributed by atoms with van der Waals surface area (Å²) in [5, 5.41) is 4.10. The molecule has 0 heterocycles. The van der Waals surface area contributed by atoms with Crippen LogP contribution in [0.2, 0.25) is 5.02 Å². The van der Waals surface area contributed by atoms with E-state index in [1.807, 2.05) is 42.5 Å². The predicted octanol–water partition coefficient (Wildman–Crippen LogP) is 4.34. The molecule has 0 saturated heterocycles. The van der Waals surface area contributed by atoms with E-state index >= 15 is 0 Å². The Morgan fingerprint density at radius 1 is 1.11 bits per heavy atom. The lowest BCUT2D eigenvalue weighted by Crippen LogP contribution is -2.06. The molecule has 3 N–H and O–H groups in total. The lowest BCUT2D eigenvalue weighted by molar-refractivity contribution is 1.02. The van der Waals surface area contributed by atoms with Crippen molar-refractivity contribution in [3.8, 4) is 0 Å². The molecule has 0 aliphatic carbocycles. The van der Waals surface area contributed by atoms with E-state index < -0.39 is 0 Å². The second-order valence-electron chi connectivity index (χ2n) is 4.03. The number of anilines is 2. The lowest BCUT2D eigenvalue weighted by atomic mass is 10.1. The van der Waals surface area contributed by atoms with Crippen molar-refractivity contribution in [1.29, 1.82) is 0 Å². The summed E-state index contributed by atoms with van der Waals surface area (Å²) in [5.74, 6) is 0. The van der Waals surface area contributed by atoms with Crippen molar-refractivity contribution in [3.05, 3.63) is 57.5 Å². The van der Waals surface area contributed by atoms with Gasteiger partial charge in [-0.2, -0.15) is 0 Å². The maximum absolute atomic E-state index is 5.89. The smallest absolute Gasteiger partial charge is 0.0585 e. The molecular formula is C14H14BrClN2. The number of nitrogens with two attached hydrogens (primary N) is 1. The van der Waals surface area contributed by atoms with Crippen molar-refractivity contribution >= 4 is 38.9 Å². The summed E-state index contributed by atoms with van der Waals surface area (Å²) in [6.45, 7) is 0.836. The molecule has 2 aromatic rings. The molecule has 0 amide bonds. The lowest BCUT2D eigenvalue weighted by Gasteiger charge is -2.09. The maximum atomic E-state index is 5.89. The van der Waals surface area contributed by atoms with Gasteiger partial charge in [-0.05, 0) is 42.3 Å². The van der Waals surface area contributed by atoms with Gasteiger partial charge in [-0.25, -0.2) is 0 Å². The van der Waals surface area contributed by atoms with E-state index in [2.05, 4.69) is 21.2 Å². The van der Waals surface area contributed by atoms with Crippen molar-refractivity contribution in [1.82, 2.24) is 0 Å². The molecule has 0 saturated carbocycles. The van der Waals surface area contributed by atoms with Gasteiger partial charge in [0.05, 0.1) is 11.4 Å². The number of halogens is 2. The highest BCUT2D eigenvalue weighted by atomic mass is 79.9. The van der Waals surface area contributed by atoms with Crippen LogP contribution in [0.1, 0.15) is 5.56 Å². The first-order chi connectivity index (χ1) is 8.65. The van der Waals surface area contributed by atoms with Crippen molar-refractivity contribution in [2.24, 2.45) is 0 Å². The second-order valence-corrected chi connectivity index (χ2v) is 5.39. The van der Waals surface area contributed by atoms with Gasteiger partial charge in [0.2, 0.25) is 0 Å². The molecule has 0 fully saturated rings. The minimum Gasteiger partial charge on any atom is -0.397 e. The van der Waals surface area contributed by atoms with Crippen LogP contribution in [0.15, 0.2) is 46.9 Å². The number of benzene rings is 2. The molecule has 0 aromatic heterocycles.